The second-order valence-electron chi connectivity index (χ2n) is 5.60. The highest BCUT2D eigenvalue weighted by molar-refractivity contribution is 7.89. The van der Waals surface area contributed by atoms with Crippen LogP contribution in [0.1, 0.15) is 16.1 Å². The Balaban J connectivity index is 1.71. The van der Waals surface area contributed by atoms with Crippen LogP contribution >= 0.6 is 34.3 Å². The van der Waals surface area contributed by atoms with E-state index < -0.39 is 10.0 Å². The second kappa shape index (κ2) is 7.55. The molecule has 3 aromatic rings. The van der Waals surface area contributed by atoms with Crippen LogP contribution in [0.15, 0.2) is 40.6 Å². The SMILES string of the molecule is Cc1csc(-c2cc(S(=O)(=O)NCCc3ccc(Cl)cc3)c(C)s2)n1. The fourth-order valence-corrected chi connectivity index (χ4v) is 5.97. The molecule has 0 amide bonds. The van der Waals surface area contributed by atoms with Gasteiger partial charge in [-0.25, -0.2) is 18.1 Å². The van der Waals surface area contributed by atoms with Crippen LogP contribution in [-0.2, 0) is 16.4 Å². The Morgan fingerprint density at radius 2 is 1.92 bits per heavy atom. The van der Waals surface area contributed by atoms with Gasteiger partial charge >= 0.3 is 0 Å². The fourth-order valence-electron chi connectivity index (χ4n) is 2.36. The fraction of sp³-hybridized carbons (Fsp3) is 0.235. The Hall–Kier alpha value is -1.25. The lowest BCUT2D eigenvalue weighted by Gasteiger charge is -2.06. The average molecular weight is 413 g/mol. The predicted octanol–water partition coefficient (Wildman–Crippen LogP) is 4.66. The van der Waals surface area contributed by atoms with E-state index in [9.17, 15) is 8.42 Å². The van der Waals surface area contributed by atoms with Crippen LogP contribution in [0.2, 0.25) is 5.02 Å². The largest absolute Gasteiger partial charge is 0.241 e. The van der Waals surface area contributed by atoms with Gasteiger partial charge in [0.25, 0.3) is 0 Å². The Morgan fingerprint density at radius 3 is 2.56 bits per heavy atom. The van der Waals surface area contributed by atoms with Crippen LogP contribution in [0.25, 0.3) is 9.88 Å². The molecule has 25 heavy (non-hydrogen) atoms. The molecular weight excluding hydrogens is 396 g/mol. The van der Waals surface area contributed by atoms with E-state index in [2.05, 4.69) is 9.71 Å². The first-order valence-electron chi connectivity index (χ1n) is 7.62. The van der Waals surface area contributed by atoms with E-state index in [1.54, 1.807) is 18.2 Å². The number of benzene rings is 1. The molecule has 2 aromatic heterocycles. The summed E-state index contributed by atoms with van der Waals surface area (Å²) in [4.78, 5) is 6.41. The minimum atomic E-state index is -3.54. The van der Waals surface area contributed by atoms with E-state index in [0.717, 1.165) is 26.0 Å². The van der Waals surface area contributed by atoms with Crippen LogP contribution in [0.5, 0.6) is 0 Å². The van der Waals surface area contributed by atoms with Gasteiger partial charge in [0.2, 0.25) is 10.0 Å². The molecule has 132 valence electrons. The third kappa shape index (κ3) is 4.48. The van der Waals surface area contributed by atoms with E-state index in [4.69, 9.17) is 11.6 Å². The van der Waals surface area contributed by atoms with Crippen molar-refractivity contribution < 1.29 is 8.42 Å². The minimum absolute atomic E-state index is 0.330. The molecule has 4 nitrogen and oxygen atoms in total. The molecule has 8 heteroatoms. The molecule has 0 atom stereocenters. The van der Waals surface area contributed by atoms with E-state index >= 15 is 0 Å². The molecule has 3 rings (SSSR count). The molecule has 1 N–H and O–H groups in total. The highest BCUT2D eigenvalue weighted by Crippen LogP contribution is 2.35. The molecule has 0 aliphatic carbocycles. The van der Waals surface area contributed by atoms with Gasteiger partial charge in [-0.3, -0.25) is 0 Å². The maximum Gasteiger partial charge on any atom is 0.241 e. The summed E-state index contributed by atoms with van der Waals surface area (Å²) in [6.45, 7) is 4.09. The zero-order valence-corrected chi connectivity index (χ0v) is 17.0. The van der Waals surface area contributed by atoms with Gasteiger partial charge in [0.05, 0.1) is 9.77 Å². The van der Waals surface area contributed by atoms with Crippen molar-refractivity contribution in [3.05, 3.63) is 56.9 Å². The average Bonchev–Trinajstić information content (AvgIpc) is 3.15. The lowest BCUT2D eigenvalue weighted by molar-refractivity contribution is 0.581. The van der Waals surface area contributed by atoms with Crippen molar-refractivity contribution >= 4 is 44.3 Å². The first-order valence-corrected chi connectivity index (χ1v) is 11.2. The topological polar surface area (TPSA) is 59.1 Å². The number of nitrogens with one attached hydrogen (secondary N) is 1. The zero-order valence-electron chi connectivity index (χ0n) is 13.7. The Kier molecular flexibility index (Phi) is 5.60. The van der Waals surface area contributed by atoms with Gasteiger partial charge in [-0.15, -0.1) is 22.7 Å². The summed E-state index contributed by atoms with van der Waals surface area (Å²) in [7, 11) is -3.54. The molecular formula is C17H17ClN2O2S3. The number of thiophene rings is 1. The van der Waals surface area contributed by atoms with Gasteiger partial charge in [-0.1, -0.05) is 23.7 Å². The van der Waals surface area contributed by atoms with Crippen LogP contribution < -0.4 is 4.72 Å². The molecule has 0 radical (unpaired) electrons. The van der Waals surface area contributed by atoms with Crippen LogP contribution in [-0.4, -0.2) is 19.9 Å². The Labute approximate surface area is 160 Å². The van der Waals surface area contributed by atoms with Gasteiger partial charge in [0.15, 0.2) is 0 Å². The number of hydrogen-bond acceptors (Lipinski definition) is 5. The van der Waals surface area contributed by atoms with E-state index in [1.165, 1.54) is 22.7 Å². The van der Waals surface area contributed by atoms with Gasteiger partial charge in [0.1, 0.15) is 5.01 Å². The standard InChI is InChI=1S/C17H17ClN2O2S3/c1-11-10-23-17(20-11)15-9-16(12(2)24-15)25(21,22)19-8-7-13-3-5-14(18)6-4-13/h3-6,9-10,19H,7-8H2,1-2H3. The molecule has 0 saturated carbocycles. The number of sulfonamides is 1. The number of rotatable bonds is 6. The summed E-state index contributed by atoms with van der Waals surface area (Å²) >= 11 is 8.83. The van der Waals surface area contributed by atoms with Crippen molar-refractivity contribution in [2.45, 2.75) is 25.2 Å². The van der Waals surface area contributed by atoms with Crippen molar-refractivity contribution in [1.82, 2.24) is 9.71 Å². The summed E-state index contributed by atoms with van der Waals surface area (Å²) in [5, 5.41) is 3.49. The molecule has 0 aliphatic heterocycles. The quantitative estimate of drug-likeness (QED) is 0.640. The summed E-state index contributed by atoms with van der Waals surface area (Å²) in [6.07, 6.45) is 0.609. The van der Waals surface area contributed by atoms with Crippen molar-refractivity contribution in [3.8, 4) is 9.88 Å². The van der Waals surface area contributed by atoms with E-state index in [0.29, 0.717) is 22.9 Å². The van der Waals surface area contributed by atoms with Gasteiger partial charge in [-0.05, 0) is 44.0 Å². The van der Waals surface area contributed by atoms with Crippen molar-refractivity contribution in [2.24, 2.45) is 0 Å². The summed E-state index contributed by atoms with van der Waals surface area (Å²) in [5.74, 6) is 0. The lowest BCUT2D eigenvalue weighted by atomic mass is 10.2. The molecule has 1 aromatic carbocycles. The molecule has 0 fully saturated rings. The van der Waals surface area contributed by atoms with Crippen molar-refractivity contribution in [1.29, 1.82) is 0 Å². The third-order valence-corrected chi connectivity index (χ3v) is 7.76. The van der Waals surface area contributed by atoms with E-state index in [1.807, 2.05) is 31.4 Å². The summed E-state index contributed by atoms with van der Waals surface area (Å²) in [5.41, 5.74) is 1.98. The number of hydrogen-bond donors (Lipinski definition) is 1. The Morgan fingerprint density at radius 1 is 1.20 bits per heavy atom. The number of thiazole rings is 1. The number of aryl methyl sites for hydroxylation is 2. The smallest absolute Gasteiger partial charge is 0.241 e. The zero-order chi connectivity index (χ0) is 18.0. The minimum Gasteiger partial charge on any atom is -0.241 e. The molecule has 0 spiro atoms. The number of nitrogens with zero attached hydrogens (tertiary/aromatic N) is 1. The summed E-state index contributed by atoms with van der Waals surface area (Å²) in [6, 6.07) is 9.11. The molecule has 0 saturated heterocycles. The van der Waals surface area contributed by atoms with Crippen molar-refractivity contribution in [2.75, 3.05) is 6.54 Å². The molecule has 2 heterocycles. The number of aromatic nitrogens is 1. The van der Waals surface area contributed by atoms with Gasteiger partial charge in [0, 0.05) is 27.5 Å². The third-order valence-electron chi connectivity index (χ3n) is 3.61. The van der Waals surface area contributed by atoms with Gasteiger partial charge < -0.3 is 0 Å². The summed E-state index contributed by atoms with van der Waals surface area (Å²) < 4.78 is 27.9. The molecule has 0 aliphatic rings. The molecule has 0 unspecified atom stereocenters. The highest BCUT2D eigenvalue weighted by atomic mass is 35.5. The predicted molar refractivity (Wildman–Crippen MR) is 105 cm³/mol. The monoisotopic (exact) mass is 412 g/mol. The molecule has 0 bridgehead atoms. The number of halogens is 1. The first-order chi connectivity index (χ1) is 11.8. The highest BCUT2D eigenvalue weighted by Gasteiger charge is 2.21. The van der Waals surface area contributed by atoms with Gasteiger partial charge in [-0.2, -0.15) is 0 Å². The lowest BCUT2D eigenvalue weighted by Crippen LogP contribution is -2.26. The Bertz CT molecular complexity index is 976. The van der Waals surface area contributed by atoms with Crippen LogP contribution in [0, 0.1) is 13.8 Å². The van der Waals surface area contributed by atoms with Crippen LogP contribution in [0.4, 0.5) is 0 Å². The van der Waals surface area contributed by atoms with Crippen LogP contribution in [0.3, 0.4) is 0 Å². The first kappa shape index (κ1) is 18.5. The second-order valence-corrected chi connectivity index (χ2v) is 9.89. The maximum atomic E-state index is 12.6. The maximum absolute atomic E-state index is 12.6. The van der Waals surface area contributed by atoms with Crippen molar-refractivity contribution in [3.63, 3.8) is 0 Å². The van der Waals surface area contributed by atoms with E-state index in [-0.39, 0.29) is 0 Å². The normalized spacial score (nSPS) is 11.8.